The first kappa shape index (κ1) is 12.1. The predicted molar refractivity (Wildman–Crippen MR) is 66.2 cm³/mol. The maximum Gasteiger partial charge on any atom is 0.303 e. The van der Waals surface area contributed by atoms with E-state index in [4.69, 9.17) is 10.3 Å². The van der Waals surface area contributed by atoms with Crippen LogP contribution in [0, 0.1) is 0 Å². The second kappa shape index (κ2) is 5.31. The summed E-state index contributed by atoms with van der Waals surface area (Å²) in [6, 6.07) is 2.05. The molecule has 1 aliphatic rings. The lowest BCUT2D eigenvalue weighted by molar-refractivity contribution is -0.137. The van der Waals surface area contributed by atoms with Crippen molar-refractivity contribution in [3.05, 3.63) is 21.4 Å². The second-order valence-electron chi connectivity index (χ2n) is 4.20. The number of aryl methyl sites for hydroxylation is 2. The van der Waals surface area contributed by atoms with E-state index in [1.807, 2.05) is 0 Å². The van der Waals surface area contributed by atoms with Crippen molar-refractivity contribution in [3.8, 4) is 0 Å². The number of hydrogen-bond acceptors (Lipinski definition) is 4. The Balaban J connectivity index is 2.06. The molecule has 0 atom stereocenters. The Kier molecular flexibility index (Phi) is 3.78. The summed E-state index contributed by atoms with van der Waals surface area (Å²) in [5.74, 6) is -0.746. The Morgan fingerprint density at radius 3 is 3.00 bits per heavy atom. The van der Waals surface area contributed by atoms with Gasteiger partial charge in [-0.15, -0.1) is 11.3 Å². The molecule has 4 nitrogen and oxygen atoms in total. The Bertz CT molecular complexity index is 451. The molecule has 0 amide bonds. The average molecular weight is 253 g/mol. The van der Waals surface area contributed by atoms with Crippen molar-refractivity contribution in [2.75, 3.05) is 0 Å². The van der Waals surface area contributed by atoms with E-state index in [0.717, 1.165) is 37.0 Å². The standard InChI is InChI=1S/C12H15NO3S/c14-12(15)6-1-3-8-7-9-10(13-16)4-2-5-11(9)17-8/h7,16H,1-6H2,(H,14,15)/b13-10-. The number of hydrogen-bond donors (Lipinski definition) is 2. The number of aliphatic carboxylic acids is 1. The molecule has 0 bridgehead atoms. The summed E-state index contributed by atoms with van der Waals surface area (Å²) in [6.07, 6.45) is 4.57. The molecule has 1 aromatic heterocycles. The van der Waals surface area contributed by atoms with Gasteiger partial charge in [-0.1, -0.05) is 5.16 Å². The molecule has 1 heterocycles. The highest BCUT2D eigenvalue weighted by atomic mass is 32.1. The molecule has 0 fully saturated rings. The molecule has 0 saturated heterocycles. The maximum atomic E-state index is 10.4. The highest BCUT2D eigenvalue weighted by molar-refractivity contribution is 7.12. The minimum Gasteiger partial charge on any atom is -0.481 e. The first-order valence-corrected chi connectivity index (χ1v) is 6.57. The molecular formula is C12H15NO3S. The molecule has 1 aliphatic carbocycles. The van der Waals surface area contributed by atoms with Crippen molar-refractivity contribution < 1.29 is 15.1 Å². The highest BCUT2D eigenvalue weighted by Crippen LogP contribution is 2.30. The fraction of sp³-hybridized carbons (Fsp3) is 0.500. The van der Waals surface area contributed by atoms with E-state index in [1.54, 1.807) is 11.3 Å². The van der Waals surface area contributed by atoms with Gasteiger partial charge in [0.25, 0.3) is 0 Å². The van der Waals surface area contributed by atoms with Crippen LogP contribution in [0.3, 0.4) is 0 Å². The first-order valence-electron chi connectivity index (χ1n) is 5.75. The Labute approximate surface area is 104 Å². The van der Waals surface area contributed by atoms with Crippen LogP contribution in [0.15, 0.2) is 11.2 Å². The van der Waals surface area contributed by atoms with Crippen LogP contribution in [0.2, 0.25) is 0 Å². The van der Waals surface area contributed by atoms with Crippen LogP contribution in [0.1, 0.15) is 41.0 Å². The van der Waals surface area contributed by atoms with Gasteiger partial charge in [-0.25, -0.2) is 0 Å². The van der Waals surface area contributed by atoms with Crippen molar-refractivity contribution in [3.63, 3.8) is 0 Å². The number of rotatable bonds is 4. The van der Waals surface area contributed by atoms with E-state index < -0.39 is 5.97 Å². The lowest BCUT2D eigenvalue weighted by Crippen LogP contribution is -2.08. The van der Waals surface area contributed by atoms with Gasteiger partial charge in [0.2, 0.25) is 0 Å². The van der Waals surface area contributed by atoms with Crippen molar-refractivity contribution in [2.45, 2.75) is 38.5 Å². The third kappa shape index (κ3) is 2.85. The lowest BCUT2D eigenvalue weighted by atomic mass is 9.97. The summed E-state index contributed by atoms with van der Waals surface area (Å²) in [6.45, 7) is 0. The summed E-state index contributed by atoms with van der Waals surface area (Å²) < 4.78 is 0. The lowest BCUT2D eigenvalue weighted by Gasteiger charge is -2.10. The van der Waals surface area contributed by atoms with E-state index in [2.05, 4.69) is 11.2 Å². The fourth-order valence-electron chi connectivity index (χ4n) is 2.11. The molecule has 0 aliphatic heterocycles. The highest BCUT2D eigenvalue weighted by Gasteiger charge is 2.19. The monoisotopic (exact) mass is 253 g/mol. The van der Waals surface area contributed by atoms with E-state index in [9.17, 15) is 4.79 Å². The Morgan fingerprint density at radius 2 is 2.29 bits per heavy atom. The molecule has 1 aromatic rings. The summed E-state index contributed by atoms with van der Waals surface area (Å²) in [5, 5.41) is 20.8. The molecule has 0 radical (unpaired) electrons. The van der Waals surface area contributed by atoms with E-state index in [0.29, 0.717) is 6.42 Å². The molecule has 0 saturated carbocycles. The van der Waals surface area contributed by atoms with Crippen LogP contribution < -0.4 is 0 Å². The van der Waals surface area contributed by atoms with Crippen molar-refractivity contribution >= 4 is 23.0 Å². The maximum absolute atomic E-state index is 10.4. The van der Waals surface area contributed by atoms with Gasteiger partial charge in [-0.3, -0.25) is 4.79 Å². The van der Waals surface area contributed by atoms with E-state index in [1.165, 1.54) is 9.75 Å². The molecule has 5 heteroatoms. The van der Waals surface area contributed by atoms with Crippen LogP contribution in [-0.4, -0.2) is 22.0 Å². The van der Waals surface area contributed by atoms with Crippen LogP contribution in [0.5, 0.6) is 0 Å². The predicted octanol–water partition coefficient (Wildman–Crippen LogP) is 2.67. The topological polar surface area (TPSA) is 69.9 Å². The summed E-state index contributed by atoms with van der Waals surface area (Å²) >= 11 is 1.72. The number of nitrogens with zero attached hydrogens (tertiary/aromatic N) is 1. The second-order valence-corrected chi connectivity index (χ2v) is 5.42. The number of thiophene rings is 1. The van der Waals surface area contributed by atoms with Crippen LogP contribution in [-0.2, 0) is 17.6 Å². The zero-order chi connectivity index (χ0) is 12.3. The van der Waals surface area contributed by atoms with Gasteiger partial charge in [-0.2, -0.15) is 0 Å². The summed E-state index contributed by atoms with van der Waals surface area (Å²) in [4.78, 5) is 12.9. The van der Waals surface area contributed by atoms with Gasteiger partial charge >= 0.3 is 5.97 Å². The zero-order valence-corrected chi connectivity index (χ0v) is 10.3. The average Bonchev–Trinajstić information content (AvgIpc) is 2.70. The summed E-state index contributed by atoms with van der Waals surface area (Å²) in [5.41, 5.74) is 1.83. The number of carboxylic acid groups (broad SMARTS) is 1. The van der Waals surface area contributed by atoms with Crippen LogP contribution >= 0.6 is 11.3 Å². The molecule has 0 spiro atoms. The van der Waals surface area contributed by atoms with Crippen molar-refractivity contribution in [1.82, 2.24) is 0 Å². The Morgan fingerprint density at radius 1 is 1.47 bits per heavy atom. The zero-order valence-electron chi connectivity index (χ0n) is 9.48. The molecule has 2 rings (SSSR count). The van der Waals surface area contributed by atoms with E-state index in [-0.39, 0.29) is 6.42 Å². The third-order valence-electron chi connectivity index (χ3n) is 2.92. The summed E-state index contributed by atoms with van der Waals surface area (Å²) in [7, 11) is 0. The number of carbonyl (C=O) groups is 1. The van der Waals surface area contributed by atoms with Gasteiger partial charge < -0.3 is 10.3 Å². The third-order valence-corrected chi connectivity index (χ3v) is 4.18. The van der Waals surface area contributed by atoms with Crippen LogP contribution in [0.25, 0.3) is 0 Å². The fourth-order valence-corrected chi connectivity index (χ4v) is 3.38. The molecule has 17 heavy (non-hydrogen) atoms. The minimum absolute atomic E-state index is 0.212. The quantitative estimate of drug-likeness (QED) is 0.640. The molecular weight excluding hydrogens is 238 g/mol. The number of carboxylic acids is 1. The van der Waals surface area contributed by atoms with Gasteiger partial charge in [-0.05, 0) is 38.2 Å². The molecule has 0 unspecified atom stereocenters. The first-order chi connectivity index (χ1) is 8.20. The molecule has 2 N–H and O–H groups in total. The molecule has 0 aromatic carbocycles. The largest absolute Gasteiger partial charge is 0.481 e. The van der Waals surface area contributed by atoms with Crippen LogP contribution in [0.4, 0.5) is 0 Å². The smallest absolute Gasteiger partial charge is 0.303 e. The molecule has 92 valence electrons. The normalized spacial score (nSPS) is 17.1. The number of fused-ring (bicyclic) bond motifs is 1. The Hall–Kier alpha value is -1.36. The van der Waals surface area contributed by atoms with Gasteiger partial charge in [0.1, 0.15) is 0 Å². The SMILES string of the molecule is O=C(O)CCCc1cc2c(s1)CCC/C2=N/O. The minimum atomic E-state index is -0.746. The van der Waals surface area contributed by atoms with Crippen molar-refractivity contribution in [1.29, 1.82) is 0 Å². The van der Waals surface area contributed by atoms with E-state index >= 15 is 0 Å². The van der Waals surface area contributed by atoms with Crippen molar-refractivity contribution in [2.24, 2.45) is 5.16 Å². The van der Waals surface area contributed by atoms with Gasteiger partial charge in [0.15, 0.2) is 0 Å². The van der Waals surface area contributed by atoms with Gasteiger partial charge in [0, 0.05) is 21.7 Å². The number of oxime groups is 1. The van der Waals surface area contributed by atoms with Gasteiger partial charge in [0.05, 0.1) is 5.71 Å².